The van der Waals surface area contributed by atoms with Crippen molar-refractivity contribution in [3.8, 4) is 17.9 Å². The molecule has 1 aromatic carbocycles. The molecule has 3 aromatic rings. The summed E-state index contributed by atoms with van der Waals surface area (Å²) in [6, 6.07) is 9.55. The van der Waals surface area contributed by atoms with Gasteiger partial charge in [0.15, 0.2) is 11.2 Å². The first kappa shape index (κ1) is 25.3. The first-order valence-corrected chi connectivity index (χ1v) is 12.2. The molecule has 0 bridgehead atoms. The molecular formula is C27H34N8O. The largest absolute Gasteiger partial charge is 0.348 e. The molecule has 9 nitrogen and oxygen atoms in total. The van der Waals surface area contributed by atoms with Gasteiger partial charge >= 0.3 is 0 Å². The molecule has 3 heterocycles. The van der Waals surface area contributed by atoms with E-state index < -0.39 is 0 Å². The zero-order valence-electron chi connectivity index (χ0n) is 22.0. The zero-order chi connectivity index (χ0) is 26.0. The summed E-state index contributed by atoms with van der Waals surface area (Å²) in [7, 11) is 3.71. The predicted molar refractivity (Wildman–Crippen MR) is 143 cm³/mol. The molecule has 1 saturated heterocycles. The van der Waals surface area contributed by atoms with Crippen LogP contribution < -0.4 is 15.4 Å². The minimum Gasteiger partial charge on any atom is -0.348 e. The van der Waals surface area contributed by atoms with E-state index in [1.807, 2.05) is 41.8 Å². The molecule has 1 fully saturated rings. The number of aromatic nitrogens is 4. The van der Waals surface area contributed by atoms with Gasteiger partial charge in [0.2, 0.25) is 11.9 Å². The highest BCUT2D eigenvalue weighted by Gasteiger charge is 2.29. The van der Waals surface area contributed by atoms with E-state index in [2.05, 4.69) is 48.5 Å². The number of hydrogen-bond donors (Lipinski definition) is 0. The Labute approximate surface area is 212 Å². The topological polar surface area (TPSA) is 86.2 Å². The number of imidazole rings is 1. The van der Waals surface area contributed by atoms with Crippen LogP contribution in [-0.2, 0) is 13.1 Å². The Balaban J connectivity index is 1.85. The summed E-state index contributed by atoms with van der Waals surface area (Å²) in [5, 5.41) is 9.57. The highest BCUT2D eigenvalue weighted by molar-refractivity contribution is 5.76. The molecule has 0 N–H and O–H groups in total. The second-order valence-corrected chi connectivity index (χ2v) is 10.2. The van der Waals surface area contributed by atoms with E-state index in [9.17, 15) is 10.1 Å². The first-order valence-electron chi connectivity index (χ1n) is 12.2. The van der Waals surface area contributed by atoms with Gasteiger partial charge in [-0.1, -0.05) is 24.1 Å². The van der Waals surface area contributed by atoms with Gasteiger partial charge in [0.05, 0.1) is 24.7 Å². The Morgan fingerprint density at radius 2 is 1.75 bits per heavy atom. The molecule has 4 rings (SSSR count). The molecule has 0 atom stereocenters. The van der Waals surface area contributed by atoms with Crippen molar-refractivity contribution in [2.75, 3.05) is 50.1 Å². The van der Waals surface area contributed by atoms with E-state index in [1.165, 1.54) is 0 Å². The lowest BCUT2D eigenvalue weighted by Gasteiger charge is -2.42. The van der Waals surface area contributed by atoms with Gasteiger partial charge in [-0.2, -0.15) is 15.2 Å². The molecule has 1 aliphatic rings. The lowest BCUT2D eigenvalue weighted by atomic mass is 10.1. The normalized spacial score (nSPS) is 14.4. The lowest BCUT2D eigenvalue weighted by Crippen LogP contribution is -2.54. The number of fused-ring (bicyclic) bond motifs is 1. The van der Waals surface area contributed by atoms with E-state index in [1.54, 1.807) is 17.6 Å². The number of nitriles is 1. The van der Waals surface area contributed by atoms with E-state index in [-0.39, 0.29) is 17.6 Å². The Hall–Kier alpha value is -3.82. The minimum absolute atomic E-state index is 0.107. The van der Waals surface area contributed by atoms with Crippen molar-refractivity contribution in [2.24, 2.45) is 0 Å². The van der Waals surface area contributed by atoms with Gasteiger partial charge < -0.3 is 9.80 Å². The molecule has 1 aliphatic heterocycles. The summed E-state index contributed by atoms with van der Waals surface area (Å²) >= 11 is 0. The van der Waals surface area contributed by atoms with Gasteiger partial charge in [-0.05, 0) is 39.3 Å². The van der Waals surface area contributed by atoms with Crippen LogP contribution in [0.5, 0.6) is 0 Å². The number of anilines is 2. The number of piperazine rings is 1. The van der Waals surface area contributed by atoms with Gasteiger partial charge in [-0.3, -0.25) is 18.8 Å². The fourth-order valence-electron chi connectivity index (χ4n) is 4.64. The van der Waals surface area contributed by atoms with Crippen LogP contribution in [-0.4, -0.2) is 69.8 Å². The van der Waals surface area contributed by atoms with E-state index >= 15 is 0 Å². The van der Waals surface area contributed by atoms with Crippen LogP contribution in [0.3, 0.4) is 0 Å². The zero-order valence-corrected chi connectivity index (χ0v) is 22.0. The first-order chi connectivity index (χ1) is 17.2. The Bertz CT molecular complexity index is 1420. The molecule has 188 valence electrons. The Kier molecular flexibility index (Phi) is 7.05. The van der Waals surface area contributed by atoms with Gasteiger partial charge in [-0.15, -0.1) is 5.92 Å². The van der Waals surface area contributed by atoms with Crippen LogP contribution >= 0.6 is 0 Å². The minimum atomic E-state index is -0.193. The Morgan fingerprint density at radius 3 is 2.36 bits per heavy atom. The van der Waals surface area contributed by atoms with Crippen molar-refractivity contribution in [2.45, 2.75) is 46.3 Å². The van der Waals surface area contributed by atoms with Gasteiger partial charge in [0, 0.05) is 45.8 Å². The standard InChI is InChI=1S/C27H34N8O/c1-7-8-13-34-22-23(30-26(34)32-14-16-33(17-15-32)27(2,3)4)29-25(31(5)6)35(24(22)36)19-21-12-10-9-11-20(21)18-28/h9-12H,13-17,19H2,1-6H3. The van der Waals surface area contributed by atoms with Crippen molar-refractivity contribution < 1.29 is 0 Å². The van der Waals surface area contributed by atoms with Crippen molar-refractivity contribution in [3.63, 3.8) is 0 Å². The molecule has 0 radical (unpaired) electrons. The van der Waals surface area contributed by atoms with Crippen LogP contribution in [0.15, 0.2) is 29.1 Å². The third-order valence-electron chi connectivity index (χ3n) is 6.62. The summed E-state index contributed by atoms with van der Waals surface area (Å²) in [5.41, 5.74) is 2.07. The lowest BCUT2D eigenvalue weighted by molar-refractivity contribution is 0.128. The third-order valence-corrected chi connectivity index (χ3v) is 6.62. The number of benzene rings is 1. The van der Waals surface area contributed by atoms with E-state index in [0.29, 0.717) is 29.2 Å². The monoisotopic (exact) mass is 486 g/mol. The average Bonchev–Trinajstić information content (AvgIpc) is 3.22. The molecule has 36 heavy (non-hydrogen) atoms. The quantitative estimate of drug-likeness (QED) is 0.512. The maximum Gasteiger partial charge on any atom is 0.281 e. The summed E-state index contributed by atoms with van der Waals surface area (Å²) in [5.74, 6) is 7.28. The fraction of sp³-hybridized carbons (Fsp3) is 0.481. The molecular weight excluding hydrogens is 452 g/mol. The molecule has 0 spiro atoms. The van der Waals surface area contributed by atoms with E-state index in [4.69, 9.17) is 9.97 Å². The summed E-state index contributed by atoms with van der Waals surface area (Å²) < 4.78 is 3.53. The highest BCUT2D eigenvalue weighted by Crippen LogP contribution is 2.25. The molecule has 0 aliphatic carbocycles. The van der Waals surface area contributed by atoms with Crippen LogP contribution in [0.2, 0.25) is 0 Å². The molecule has 2 aromatic heterocycles. The number of nitrogens with zero attached hydrogens (tertiary/aromatic N) is 8. The summed E-state index contributed by atoms with van der Waals surface area (Å²) in [4.78, 5) is 30.2. The van der Waals surface area contributed by atoms with Crippen molar-refractivity contribution in [3.05, 3.63) is 45.7 Å². The SMILES string of the molecule is CC#CCn1c(N2CCN(C(C)(C)C)CC2)nc2nc(N(C)C)n(Cc3ccccc3C#N)c(=O)c21. The van der Waals surface area contributed by atoms with Gasteiger partial charge in [0.25, 0.3) is 5.56 Å². The van der Waals surface area contributed by atoms with Crippen LogP contribution in [0.1, 0.15) is 38.8 Å². The highest BCUT2D eigenvalue weighted by atomic mass is 16.1. The van der Waals surface area contributed by atoms with Crippen LogP contribution in [0.25, 0.3) is 11.2 Å². The van der Waals surface area contributed by atoms with Gasteiger partial charge in [0.1, 0.15) is 0 Å². The Morgan fingerprint density at radius 1 is 1.06 bits per heavy atom. The maximum atomic E-state index is 14.0. The predicted octanol–water partition coefficient (Wildman–Crippen LogP) is 2.52. The van der Waals surface area contributed by atoms with Crippen molar-refractivity contribution in [1.82, 2.24) is 24.0 Å². The smallest absolute Gasteiger partial charge is 0.281 e. The summed E-state index contributed by atoms with van der Waals surface area (Å²) in [6.07, 6.45) is 0. The molecule has 0 amide bonds. The molecule has 0 saturated carbocycles. The van der Waals surface area contributed by atoms with Crippen molar-refractivity contribution >= 4 is 23.1 Å². The summed E-state index contributed by atoms with van der Waals surface area (Å²) in [6.45, 7) is 12.5. The molecule has 0 unspecified atom stereocenters. The van der Waals surface area contributed by atoms with Crippen LogP contribution in [0.4, 0.5) is 11.9 Å². The molecule has 9 heteroatoms. The average molecular weight is 487 g/mol. The third kappa shape index (κ3) is 4.80. The van der Waals surface area contributed by atoms with E-state index in [0.717, 1.165) is 37.7 Å². The fourth-order valence-corrected chi connectivity index (χ4v) is 4.64. The second-order valence-electron chi connectivity index (χ2n) is 10.2. The van der Waals surface area contributed by atoms with Crippen LogP contribution in [0, 0.1) is 23.2 Å². The maximum absolute atomic E-state index is 14.0. The van der Waals surface area contributed by atoms with Gasteiger partial charge in [-0.25, -0.2) is 0 Å². The number of hydrogen-bond acceptors (Lipinski definition) is 7. The second kappa shape index (κ2) is 10.0. The number of rotatable bonds is 5. The van der Waals surface area contributed by atoms with Crippen molar-refractivity contribution in [1.29, 1.82) is 5.26 Å².